The smallest absolute Gasteiger partial charge is 0.359 e. The highest BCUT2D eigenvalue weighted by atomic mass is 16.2. The van der Waals surface area contributed by atoms with Crippen LogP contribution in [-0.2, 0) is 12.8 Å². The number of fused-ring (bicyclic) bond motifs is 1. The molecule has 1 unspecified atom stereocenters. The van der Waals surface area contributed by atoms with Crippen molar-refractivity contribution in [2.75, 3.05) is 29.9 Å². The molecule has 4 rings (SSSR count). The van der Waals surface area contributed by atoms with E-state index in [1.165, 1.54) is 5.69 Å². The lowest BCUT2D eigenvalue weighted by Gasteiger charge is -2.21. The molecule has 0 saturated carbocycles. The number of hydrogen-bond donors (Lipinski definition) is 3. The molecule has 8 heteroatoms. The molecule has 0 aliphatic carbocycles. The third kappa shape index (κ3) is 5.59. The second-order valence-electron chi connectivity index (χ2n) is 8.65. The van der Waals surface area contributed by atoms with Crippen LogP contribution in [0.25, 0.3) is 11.3 Å². The number of carbonyl (C=O) groups is 1. The maximum absolute atomic E-state index is 13.4. The molecule has 0 amide bonds. The summed E-state index contributed by atoms with van der Waals surface area (Å²) in [4.78, 5) is 24.7. The lowest BCUT2D eigenvalue weighted by molar-refractivity contribution is -0.552. The van der Waals surface area contributed by atoms with Crippen LogP contribution in [0, 0.1) is 0 Å². The topological polar surface area (TPSA) is 114 Å². The average Bonchev–Trinajstić information content (AvgIpc) is 3.18. The fourth-order valence-electron chi connectivity index (χ4n) is 4.46. The van der Waals surface area contributed by atoms with Crippen LogP contribution in [0.3, 0.4) is 0 Å². The molecule has 2 heterocycles. The van der Waals surface area contributed by atoms with Crippen LogP contribution >= 0.6 is 0 Å². The molecule has 35 heavy (non-hydrogen) atoms. The number of aryl methyl sites for hydroxylation is 1. The minimum absolute atomic E-state index is 0.0257. The summed E-state index contributed by atoms with van der Waals surface area (Å²) in [6.07, 6.45) is 3.83. The Kier molecular flexibility index (Phi) is 7.60. The molecule has 0 bridgehead atoms. The molecule has 1 aromatic heterocycles. The van der Waals surface area contributed by atoms with Crippen LogP contribution in [0.2, 0.25) is 0 Å². The Morgan fingerprint density at radius 1 is 1.09 bits per heavy atom. The van der Waals surface area contributed by atoms with E-state index in [0.29, 0.717) is 19.4 Å². The van der Waals surface area contributed by atoms with Crippen molar-refractivity contribution in [1.29, 1.82) is 0 Å². The summed E-state index contributed by atoms with van der Waals surface area (Å²) in [7, 11) is 0. The molecule has 0 radical (unpaired) electrons. The Morgan fingerprint density at radius 3 is 2.46 bits per heavy atom. The standard InChI is InChI=1S/C27H33N7O/c1-3-33(4-2)21-14-12-20(13-15-21)24-18-34-25(22(31-24)11-8-16-30-27(28)29)32-23(26(34)35)17-19-9-6-5-7-10-19/h5-7,9-10,12-15,18,23H,3-4,8,11,16-17H2,1-2H3,(H4,28,29,30)/p+1. The zero-order chi connectivity index (χ0) is 24.8. The molecule has 1 aliphatic heterocycles. The monoisotopic (exact) mass is 472 g/mol. The molecule has 3 aromatic rings. The number of anilines is 2. The third-order valence-electron chi connectivity index (χ3n) is 6.31. The number of carbonyl (C=O) groups excluding carboxylic acids is 1. The summed E-state index contributed by atoms with van der Waals surface area (Å²) < 4.78 is 1.73. The Balaban J connectivity index is 1.65. The van der Waals surface area contributed by atoms with E-state index in [0.717, 1.165) is 47.8 Å². The van der Waals surface area contributed by atoms with Gasteiger partial charge < -0.3 is 16.4 Å². The molecule has 8 nitrogen and oxygen atoms in total. The first-order chi connectivity index (χ1) is 17.0. The van der Waals surface area contributed by atoms with Gasteiger partial charge in [0.2, 0.25) is 0 Å². The van der Waals surface area contributed by atoms with E-state index in [4.69, 9.17) is 16.5 Å². The highest BCUT2D eigenvalue weighted by Crippen LogP contribution is 2.26. The Morgan fingerprint density at radius 2 is 1.80 bits per heavy atom. The van der Waals surface area contributed by atoms with Gasteiger partial charge in [-0.05, 0) is 44.4 Å². The summed E-state index contributed by atoms with van der Waals surface area (Å²) in [5, 5.41) is 3.43. The van der Waals surface area contributed by atoms with E-state index in [1.54, 1.807) is 4.57 Å². The van der Waals surface area contributed by atoms with Crippen LogP contribution in [0.4, 0.5) is 11.5 Å². The number of nitrogens with two attached hydrogens (primary N) is 2. The van der Waals surface area contributed by atoms with Crippen LogP contribution in [0.1, 0.15) is 36.3 Å². The molecule has 0 saturated heterocycles. The number of aliphatic imine (C=N–C) groups is 1. The van der Waals surface area contributed by atoms with Gasteiger partial charge in [0.25, 0.3) is 0 Å². The lowest BCUT2D eigenvalue weighted by atomic mass is 10.1. The average molecular weight is 473 g/mol. The number of nitrogens with one attached hydrogen (secondary N) is 1. The Bertz CT molecular complexity index is 1180. The maximum atomic E-state index is 13.4. The molecule has 0 fully saturated rings. The van der Waals surface area contributed by atoms with Crippen molar-refractivity contribution < 1.29 is 9.36 Å². The van der Waals surface area contributed by atoms with Crippen molar-refractivity contribution in [3.05, 3.63) is 72.1 Å². The lowest BCUT2D eigenvalue weighted by Crippen LogP contribution is -2.44. The SMILES string of the molecule is CCN(CC)c1ccc(-c2c[n+]3c(c(CCCN=C(N)N)n2)NC(Cc2ccccc2)C3=O)cc1. The van der Waals surface area contributed by atoms with E-state index >= 15 is 0 Å². The molecule has 2 aromatic carbocycles. The van der Waals surface area contributed by atoms with Crippen molar-refractivity contribution >= 4 is 23.4 Å². The highest BCUT2D eigenvalue weighted by Gasteiger charge is 2.40. The molecule has 1 aliphatic rings. The third-order valence-corrected chi connectivity index (χ3v) is 6.31. The first-order valence-electron chi connectivity index (χ1n) is 12.2. The minimum Gasteiger partial charge on any atom is -0.372 e. The van der Waals surface area contributed by atoms with Crippen molar-refractivity contribution in [2.24, 2.45) is 16.5 Å². The molecule has 0 spiro atoms. The van der Waals surface area contributed by atoms with E-state index in [-0.39, 0.29) is 17.9 Å². The van der Waals surface area contributed by atoms with Crippen molar-refractivity contribution in [3.8, 4) is 11.3 Å². The second kappa shape index (κ2) is 11.0. The number of rotatable bonds is 10. The summed E-state index contributed by atoms with van der Waals surface area (Å²) in [5.41, 5.74) is 15.8. The second-order valence-corrected chi connectivity index (χ2v) is 8.65. The Hall–Kier alpha value is -3.94. The number of guanidine groups is 1. The van der Waals surface area contributed by atoms with Gasteiger partial charge in [0.1, 0.15) is 17.6 Å². The number of hydrogen-bond acceptors (Lipinski definition) is 5. The van der Waals surface area contributed by atoms with Gasteiger partial charge in [-0.1, -0.05) is 42.5 Å². The van der Waals surface area contributed by atoms with Gasteiger partial charge in [-0.3, -0.25) is 10.3 Å². The Labute approximate surface area is 206 Å². The fourth-order valence-corrected chi connectivity index (χ4v) is 4.46. The van der Waals surface area contributed by atoms with Crippen molar-refractivity contribution in [2.45, 2.75) is 39.2 Å². The van der Waals surface area contributed by atoms with Crippen LogP contribution in [0.15, 0.2) is 65.8 Å². The van der Waals surface area contributed by atoms with Gasteiger partial charge in [-0.15, -0.1) is 0 Å². The normalized spacial score (nSPS) is 14.3. The van der Waals surface area contributed by atoms with Gasteiger partial charge in [0.15, 0.2) is 12.0 Å². The zero-order valence-corrected chi connectivity index (χ0v) is 20.4. The summed E-state index contributed by atoms with van der Waals surface area (Å²) in [5.74, 6) is 0.859. The number of aromatic nitrogens is 2. The summed E-state index contributed by atoms with van der Waals surface area (Å²) in [6, 6.07) is 18.1. The molecule has 182 valence electrons. The quantitative estimate of drug-likeness (QED) is 0.181. The predicted octanol–water partition coefficient (Wildman–Crippen LogP) is 2.77. The van der Waals surface area contributed by atoms with Crippen molar-refractivity contribution in [3.63, 3.8) is 0 Å². The molecular weight excluding hydrogens is 438 g/mol. The van der Waals surface area contributed by atoms with Crippen LogP contribution in [0.5, 0.6) is 0 Å². The van der Waals surface area contributed by atoms with E-state index in [9.17, 15) is 4.79 Å². The maximum Gasteiger partial charge on any atom is 0.359 e. The minimum atomic E-state index is -0.337. The highest BCUT2D eigenvalue weighted by molar-refractivity contribution is 5.82. The van der Waals surface area contributed by atoms with Crippen LogP contribution < -0.4 is 26.3 Å². The number of benzene rings is 2. The van der Waals surface area contributed by atoms with E-state index in [1.807, 2.05) is 36.5 Å². The summed E-state index contributed by atoms with van der Waals surface area (Å²) in [6.45, 7) is 6.70. The van der Waals surface area contributed by atoms with E-state index < -0.39 is 0 Å². The van der Waals surface area contributed by atoms with Gasteiger partial charge in [0.05, 0.1) is 0 Å². The largest absolute Gasteiger partial charge is 0.372 e. The molecule has 1 atom stereocenters. The van der Waals surface area contributed by atoms with Crippen molar-refractivity contribution in [1.82, 2.24) is 4.98 Å². The van der Waals surface area contributed by atoms with E-state index in [2.05, 4.69) is 53.3 Å². The van der Waals surface area contributed by atoms with Gasteiger partial charge in [-0.25, -0.2) is 9.78 Å². The van der Waals surface area contributed by atoms with Gasteiger partial charge in [-0.2, -0.15) is 4.57 Å². The first kappa shape index (κ1) is 24.2. The number of nitrogens with zero attached hydrogens (tertiary/aromatic N) is 4. The predicted molar refractivity (Wildman–Crippen MR) is 141 cm³/mol. The van der Waals surface area contributed by atoms with Crippen LogP contribution in [-0.4, -0.2) is 42.5 Å². The zero-order valence-electron chi connectivity index (χ0n) is 20.4. The fraction of sp³-hybridized carbons (Fsp3) is 0.333. The van der Waals surface area contributed by atoms with Gasteiger partial charge in [0, 0.05) is 37.3 Å². The van der Waals surface area contributed by atoms with Gasteiger partial charge >= 0.3 is 11.7 Å². The summed E-state index contributed by atoms with van der Waals surface area (Å²) >= 11 is 0. The molecule has 5 N–H and O–H groups in total. The first-order valence-corrected chi connectivity index (χ1v) is 12.2. The molecular formula is C27H34N7O+.